The van der Waals surface area contributed by atoms with Gasteiger partial charge in [0, 0.05) is 0 Å². The van der Waals surface area contributed by atoms with Crippen molar-refractivity contribution in [2.24, 2.45) is 0 Å². The Morgan fingerprint density at radius 1 is 1.57 bits per heavy atom. The number of carbonyl (C=O) groups excluding carboxylic acids is 1. The summed E-state index contributed by atoms with van der Waals surface area (Å²) in [6, 6.07) is 0. The van der Waals surface area contributed by atoms with Crippen molar-refractivity contribution in [2.45, 2.75) is 5.25 Å². The summed E-state index contributed by atoms with van der Waals surface area (Å²) < 4.78 is 31.9. The molecule has 0 rings (SSSR count). The molecule has 0 saturated heterocycles. The van der Waals surface area contributed by atoms with Gasteiger partial charge in [0.2, 0.25) is 0 Å². The van der Waals surface area contributed by atoms with E-state index >= 15 is 0 Å². The van der Waals surface area contributed by atoms with Crippen molar-refractivity contribution >= 4 is 18.0 Å². The smallest absolute Gasteiger partial charge is 0.691 e. The zero-order valence-electron chi connectivity index (χ0n) is 7.07. The Morgan fingerprint density at radius 2 is 2.14 bits per heavy atom. The van der Waals surface area contributed by atoms with Gasteiger partial charge in [-0.3, -0.25) is 5.04 Å². The topological polar surface area (TPSA) is 88.1 Å². The number of halogens is 2. The third-order valence-corrected chi connectivity index (χ3v) is 1.23. The molecule has 0 fully saturated rings. The van der Waals surface area contributed by atoms with Crippen molar-refractivity contribution in [3.63, 3.8) is 0 Å². The molecule has 0 aromatic heterocycles. The molecule has 0 aliphatic carbocycles. The van der Waals surface area contributed by atoms with Crippen LogP contribution in [0.1, 0.15) is 0 Å². The SMILES string of the molecule is O=C(OCCO)C(F)(F)SOO[O-].[Na+]. The molecule has 0 aromatic rings. The van der Waals surface area contributed by atoms with Gasteiger partial charge in [-0.2, -0.15) is 13.1 Å². The molecule has 10 heteroatoms. The minimum absolute atomic E-state index is 0. The summed E-state index contributed by atoms with van der Waals surface area (Å²) in [5, 5.41) is 15.8. The first-order valence-electron chi connectivity index (χ1n) is 2.85. The van der Waals surface area contributed by atoms with E-state index in [1.165, 1.54) is 0 Å². The van der Waals surface area contributed by atoms with Gasteiger partial charge in [-0.15, -0.1) is 0 Å². The Kier molecular flexibility index (Phi) is 10.6. The number of hydrogen-bond acceptors (Lipinski definition) is 7. The first kappa shape index (κ1) is 16.9. The van der Waals surface area contributed by atoms with E-state index in [-0.39, 0.29) is 29.6 Å². The fourth-order valence-electron chi connectivity index (χ4n) is 0.313. The molecule has 1 N–H and O–H groups in total. The van der Waals surface area contributed by atoms with Crippen LogP contribution in [0.15, 0.2) is 0 Å². The van der Waals surface area contributed by atoms with Crippen LogP contribution in [0.25, 0.3) is 0 Å². The summed E-state index contributed by atoms with van der Waals surface area (Å²) in [4.78, 5) is 10.4. The van der Waals surface area contributed by atoms with Crippen molar-refractivity contribution < 1.29 is 67.6 Å². The summed E-state index contributed by atoms with van der Waals surface area (Å²) in [6.07, 6.45) is 0. The van der Waals surface area contributed by atoms with Gasteiger partial charge in [0.05, 0.1) is 6.61 Å². The molecule has 0 atom stereocenters. The molecule has 0 aromatic carbocycles. The zero-order chi connectivity index (χ0) is 10.3. The van der Waals surface area contributed by atoms with Crippen LogP contribution in [-0.2, 0) is 18.9 Å². The molecule has 0 bridgehead atoms. The van der Waals surface area contributed by atoms with Gasteiger partial charge in [0.1, 0.15) is 18.6 Å². The number of aliphatic hydroxyl groups is 1. The standard InChI is InChI=1S/C4H6F2O6S.Na/c5-4(6,13-12-11-9)3(8)10-2-1-7;/h7,9H,1-2H2;/q;+1/p-1. The molecule has 14 heavy (non-hydrogen) atoms. The molecule has 0 aliphatic rings. The van der Waals surface area contributed by atoms with Gasteiger partial charge in [0.15, 0.2) is 0 Å². The number of rotatable bonds is 6. The summed E-state index contributed by atoms with van der Waals surface area (Å²) in [5.74, 6) is -1.93. The van der Waals surface area contributed by atoms with E-state index in [1.807, 2.05) is 0 Å². The van der Waals surface area contributed by atoms with Crippen LogP contribution in [0.4, 0.5) is 8.78 Å². The second-order valence-electron chi connectivity index (χ2n) is 1.60. The summed E-state index contributed by atoms with van der Waals surface area (Å²) in [7, 11) is 0. The summed E-state index contributed by atoms with van der Waals surface area (Å²) in [5.41, 5.74) is 0. The summed E-state index contributed by atoms with van der Waals surface area (Å²) >= 11 is -0.787. The maximum Gasteiger partial charge on any atom is 1.00 e. The van der Waals surface area contributed by atoms with Crippen LogP contribution in [0.2, 0.25) is 0 Å². The molecule has 0 unspecified atom stereocenters. The Balaban J connectivity index is 0. The van der Waals surface area contributed by atoms with Gasteiger partial charge in [-0.1, -0.05) is 0 Å². The van der Waals surface area contributed by atoms with Gasteiger partial charge in [0.25, 0.3) is 0 Å². The summed E-state index contributed by atoms with van der Waals surface area (Å²) in [6.45, 7) is -1.14. The minimum Gasteiger partial charge on any atom is -0.691 e. The number of aliphatic hydroxyl groups excluding tert-OH is 1. The maximum absolute atomic E-state index is 12.4. The molecule has 78 valence electrons. The van der Waals surface area contributed by atoms with Gasteiger partial charge < -0.3 is 15.1 Å². The second-order valence-corrected chi connectivity index (χ2v) is 2.41. The second kappa shape index (κ2) is 8.80. The van der Waals surface area contributed by atoms with Crippen LogP contribution in [0, 0.1) is 0 Å². The number of carbonyl (C=O) groups is 1. The predicted octanol–water partition coefficient (Wildman–Crippen LogP) is -4.01. The predicted molar refractivity (Wildman–Crippen MR) is 32.8 cm³/mol. The quantitative estimate of drug-likeness (QED) is 0.167. The molecular weight excluding hydrogens is 237 g/mol. The Bertz CT molecular complexity index is 170. The Hall–Kier alpha value is 0.520. The normalized spacial score (nSPS) is 10.6. The van der Waals surface area contributed by atoms with Gasteiger partial charge >= 0.3 is 40.8 Å². The monoisotopic (exact) mass is 242 g/mol. The van der Waals surface area contributed by atoms with Crippen molar-refractivity contribution in [1.82, 2.24) is 0 Å². The first-order valence-corrected chi connectivity index (χ1v) is 3.59. The number of hydrogen-bond donors (Lipinski definition) is 1. The average molecular weight is 242 g/mol. The average Bonchev–Trinajstić information content (AvgIpc) is 2.10. The van der Waals surface area contributed by atoms with Crippen molar-refractivity contribution in [3.05, 3.63) is 0 Å². The number of ether oxygens (including phenoxy) is 1. The van der Waals surface area contributed by atoms with Crippen LogP contribution in [0.3, 0.4) is 0 Å². The largest absolute Gasteiger partial charge is 1.00 e. The van der Waals surface area contributed by atoms with Crippen LogP contribution in [-0.4, -0.2) is 29.5 Å². The van der Waals surface area contributed by atoms with Crippen molar-refractivity contribution in [1.29, 1.82) is 0 Å². The van der Waals surface area contributed by atoms with E-state index < -0.39 is 36.5 Å². The molecule has 6 nitrogen and oxygen atoms in total. The Labute approximate surface area is 104 Å². The zero-order valence-corrected chi connectivity index (χ0v) is 9.88. The molecule has 0 spiro atoms. The van der Waals surface area contributed by atoms with Crippen LogP contribution in [0.5, 0.6) is 0 Å². The van der Waals surface area contributed by atoms with Gasteiger partial charge in [-0.25, -0.2) is 4.79 Å². The van der Waals surface area contributed by atoms with Crippen molar-refractivity contribution in [2.75, 3.05) is 13.2 Å². The van der Waals surface area contributed by atoms with E-state index in [4.69, 9.17) is 10.4 Å². The Morgan fingerprint density at radius 3 is 2.57 bits per heavy atom. The molecule has 0 aliphatic heterocycles. The maximum atomic E-state index is 12.4. The third kappa shape index (κ3) is 6.90. The van der Waals surface area contributed by atoms with E-state index in [1.54, 1.807) is 0 Å². The van der Waals surface area contributed by atoms with Crippen LogP contribution >= 0.6 is 12.0 Å². The van der Waals surface area contributed by atoms with Gasteiger partial charge in [-0.05, 0) is 0 Å². The van der Waals surface area contributed by atoms with E-state index in [2.05, 4.69) is 14.1 Å². The fraction of sp³-hybridized carbons (Fsp3) is 0.750. The molecule has 0 saturated carbocycles. The fourth-order valence-corrected chi connectivity index (χ4v) is 0.553. The first-order chi connectivity index (χ1) is 6.04. The number of esters is 1. The number of alkyl halides is 2. The minimum atomic E-state index is -4.04. The van der Waals surface area contributed by atoms with E-state index in [9.17, 15) is 13.6 Å². The third-order valence-electron chi connectivity index (χ3n) is 0.729. The van der Waals surface area contributed by atoms with E-state index in [0.717, 1.165) is 0 Å². The molecule has 0 radical (unpaired) electrons. The van der Waals surface area contributed by atoms with Crippen LogP contribution < -0.4 is 34.8 Å². The van der Waals surface area contributed by atoms with Crippen molar-refractivity contribution in [3.8, 4) is 0 Å². The molecular formula is C4H5F2NaO6S. The van der Waals surface area contributed by atoms with E-state index in [0.29, 0.717) is 0 Å². The molecule has 0 heterocycles. The molecule has 0 amide bonds.